The van der Waals surface area contributed by atoms with Crippen molar-refractivity contribution in [2.45, 2.75) is 20.3 Å². The average molecular weight is 275 g/mol. The molecule has 1 amide bonds. The van der Waals surface area contributed by atoms with E-state index in [4.69, 9.17) is 5.73 Å². The molecule has 0 unspecified atom stereocenters. The summed E-state index contributed by atoms with van der Waals surface area (Å²) < 4.78 is 0. The van der Waals surface area contributed by atoms with Crippen LogP contribution in [-0.4, -0.2) is 55.0 Å². The van der Waals surface area contributed by atoms with Crippen molar-refractivity contribution >= 4 is 5.91 Å². The molecule has 2 N–H and O–H groups in total. The molecule has 1 aromatic rings. The zero-order valence-corrected chi connectivity index (χ0v) is 12.6. The van der Waals surface area contributed by atoms with Crippen LogP contribution in [0.5, 0.6) is 0 Å². The molecule has 4 nitrogen and oxygen atoms in total. The van der Waals surface area contributed by atoms with E-state index in [2.05, 4.69) is 17.9 Å². The summed E-state index contributed by atoms with van der Waals surface area (Å²) in [4.78, 5) is 17.0. The normalized spacial score (nSPS) is 17.1. The molecule has 1 aliphatic rings. The predicted octanol–water partition coefficient (Wildman–Crippen LogP) is 1.41. The SMILES string of the molecule is Cc1cccc(C(=O)N2CCCN(CCN)CC2)c1C. The van der Waals surface area contributed by atoms with E-state index in [9.17, 15) is 4.79 Å². The first-order chi connectivity index (χ1) is 9.63. The number of nitrogens with zero attached hydrogens (tertiary/aromatic N) is 2. The van der Waals surface area contributed by atoms with E-state index in [1.807, 2.05) is 24.0 Å². The van der Waals surface area contributed by atoms with Crippen molar-refractivity contribution in [1.82, 2.24) is 9.80 Å². The monoisotopic (exact) mass is 275 g/mol. The van der Waals surface area contributed by atoms with Gasteiger partial charge in [0.05, 0.1) is 0 Å². The van der Waals surface area contributed by atoms with Crippen LogP contribution in [0.1, 0.15) is 27.9 Å². The van der Waals surface area contributed by atoms with Crippen LogP contribution in [0.25, 0.3) is 0 Å². The molecule has 4 heteroatoms. The van der Waals surface area contributed by atoms with Crippen molar-refractivity contribution in [2.75, 3.05) is 39.3 Å². The summed E-state index contributed by atoms with van der Waals surface area (Å²) in [7, 11) is 0. The van der Waals surface area contributed by atoms with Gasteiger partial charge in [-0.15, -0.1) is 0 Å². The number of hydrogen-bond acceptors (Lipinski definition) is 3. The number of nitrogens with two attached hydrogens (primary N) is 1. The van der Waals surface area contributed by atoms with Gasteiger partial charge >= 0.3 is 0 Å². The first-order valence-electron chi connectivity index (χ1n) is 7.41. The van der Waals surface area contributed by atoms with E-state index >= 15 is 0 Å². The molecule has 1 saturated heterocycles. The molecule has 1 heterocycles. The van der Waals surface area contributed by atoms with E-state index in [0.717, 1.165) is 50.3 Å². The highest BCUT2D eigenvalue weighted by atomic mass is 16.2. The van der Waals surface area contributed by atoms with Gasteiger partial charge in [0.1, 0.15) is 0 Å². The molecule has 0 aliphatic carbocycles. The predicted molar refractivity (Wildman–Crippen MR) is 81.9 cm³/mol. The van der Waals surface area contributed by atoms with Crippen LogP contribution >= 0.6 is 0 Å². The molecule has 0 atom stereocenters. The number of aryl methyl sites for hydroxylation is 1. The fraction of sp³-hybridized carbons (Fsp3) is 0.562. The lowest BCUT2D eigenvalue weighted by Crippen LogP contribution is -2.36. The molecular weight excluding hydrogens is 250 g/mol. The second-order valence-corrected chi connectivity index (χ2v) is 5.52. The molecule has 0 bridgehead atoms. The number of carbonyl (C=O) groups excluding carboxylic acids is 1. The second kappa shape index (κ2) is 6.86. The summed E-state index contributed by atoms with van der Waals surface area (Å²) in [5.41, 5.74) is 8.73. The largest absolute Gasteiger partial charge is 0.337 e. The van der Waals surface area contributed by atoms with Crippen LogP contribution in [0.3, 0.4) is 0 Å². The van der Waals surface area contributed by atoms with E-state index in [1.165, 1.54) is 5.56 Å². The van der Waals surface area contributed by atoms with E-state index in [-0.39, 0.29) is 5.91 Å². The Morgan fingerprint density at radius 1 is 1.20 bits per heavy atom. The third-order valence-corrected chi connectivity index (χ3v) is 4.16. The lowest BCUT2D eigenvalue weighted by Gasteiger charge is -2.22. The van der Waals surface area contributed by atoms with Crippen molar-refractivity contribution in [3.8, 4) is 0 Å². The standard InChI is InChI=1S/C16H25N3O/c1-13-5-3-6-15(14(13)2)16(20)19-9-4-8-18(10-7-17)11-12-19/h3,5-6H,4,7-12,17H2,1-2H3. The highest BCUT2D eigenvalue weighted by molar-refractivity contribution is 5.96. The average Bonchev–Trinajstić information content (AvgIpc) is 2.67. The molecule has 1 fully saturated rings. The molecule has 0 spiro atoms. The molecule has 2 rings (SSSR count). The van der Waals surface area contributed by atoms with E-state index in [1.54, 1.807) is 0 Å². The molecule has 110 valence electrons. The third kappa shape index (κ3) is 3.38. The lowest BCUT2D eigenvalue weighted by molar-refractivity contribution is 0.0761. The Bertz CT molecular complexity index is 473. The Hall–Kier alpha value is -1.39. The molecule has 1 aliphatic heterocycles. The Morgan fingerprint density at radius 2 is 2.00 bits per heavy atom. The van der Waals surface area contributed by atoms with Gasteiger partial charge in [0.15, 0.2) is 0 Å². The van der Waals surface area contributed by atoms with Gasteiger partial charge < -0.3 is 15.5 Å². The van der Waals surface area contributed by atoms with Gasteiger partial charge in [-0.05, 0) is 44.0 Å². The zero-order valence-electron chi connectivity index (χ0n) is 12.6. The molecule has 0 saturated carbocycles. The smallest absolute Gasteiger partial charge is 0.254 e. The zero-order chi connectivity index (χ0) is 14.5. The molecule has 0 aromatic heterocycles. The van der Waals surface area contributed by atoms with Gasteiger partial charge in [-0.1, -0.05) is 12.1 Å². The highest BCUT2D eigenvalue weighted by Gasteiger charge is 2.21. The summed E-state index contributed by atoms with van der Waals surface area (Å²) >= 11 is 0. The van der Waals surface area contributed by atoms with E-state index in [0.29, 0.717) is 6.54 Å². The minimum absolute atomic E-state index is 0.167. The van der Waals surface area contributed by atoms with Gasteiger partial charge in [-0.25, -0.2) is 0 Å². The maximum Gasteiger partial charge on any atom is 0.254 e. The Kier molecular flexibility index (Phi) is 5.15. The number of hydrogen-bond donors (Lipinski definition) is 1. The fourth-order valence-electron chi connectivity index (χ4n) is 2.73. The van der Waals surface area contributed by atoms with Crippen molar-refractivity contribution in [3.63, 3.8) is 0 Å². The van der Waals surface area contributed by atoms with Gasteiger partial charge in [0.25, 0.3) is 5.91 Å². The quantitative estimate of drug-likeness (QED) is 0.907. The van der Waals surface area contributed by atoms with E-state index < -0.39 is 0 Å². The minimum Gasteiger partial charge on any atom is -0.337 e. The number of carbonyl (C=O) groups is 1. The number of amides is 1. The Labute approximate surface area is 121 Å². The topological polar surface area (TPSA) is 49.6 Å². The maximum atomic E-state index is 12.7. The first-order valence-corrected chi connectivity index (χ1v) is 7.41. The van der Waals surface area contributed by atoms with Crippen LogP contribution in [0.2, 0.25) is 0 Å². The molecule has 20 heavy (non-hydrogen) atoms. The van der Waals surface area contributed by atoms with Crippen molar-refractivity contribution < 1.29 is 4.79 Å². The van der Waals surface area contributed by atoms with Crippen LogP contribution < -0.4 is 5.73 Å². The van der Waals surface area contributed by atoms with Crippen LogP contribution in [-0.2, 0) is 0 Å². The summed E-state index contributed by atoms with van der Waals surface area (Å²) in [5.74, 6) is 0.167. The number of rotatable bonds is 3. The highest BCUT2D eigenvalue weighted by Crippen LogP contribution is 2.16. The molecular formula is C16H25N3O. The number of benzene rings is 1. The summed E-state index contributed by atoms with van der Waals surface area (Å²) in [5, 5.41) is 0. The fourth-order valence-corrected chi connectivity index (χ4v) is 2.73. The van der Waals surface area contributed by atoms with Crippen LogP contribution in [0, 0.1) is 13.8 Å². The Balaban J connectivity index is 2.07. The lowest BCUT2D eigenvalue weighted by atomic mass is 10.0. The van der Waals surface area contributed by atoms with Crippen molar-refractivity contribution in [2.24, 2.45) is 5.73 Å². The minimum atomic E-state index is 0.167. The third-order valence-electron chi connectivity index (χ3n) is 4.16. The molecule has 0 radical (unpaired) electrons. The summed E-state index contributed by atoms with van der Waals surface area (Å²) in [6.45, 7) is 9.29. The van der Waals surface area contributed by atoms with Crippen LogP contribution in [0.15, 0.2) is 18.2 Å². The van der Waals surface area contributed by atoms with Crippen molar-refractivity contribution in [3.05, 3.63) is 34.9 Å². The maximum absolute atomic E-state index is 12.7. The van der Waals surface area contributed by atoms with Gasteiger partial charge in [0.2, 0.25) is 0 Å². The van der Waals surface area contributed by atoms with Gasteiger partial charge in [-0.3, -0.25) is 4.79 Å². The van der Waals surface area contributed by atoms with Crippen LogP contribution in [0.4, 0.5) is 0 Å². The summed E-state index contributed by atoms with van der Waals surface area (Å²) in [6.07, 6.45) is 1.02. The van der Waals surface area contributed by atoms with Gasteiger partial charge in [-0.2, -0.15) is 0 Å². The Morgan fingerprint density at radius 3 is 2.75 bits per heavy atom. The summed E-state index contributed by atoms with van der Waals surface area (Å²) in [6, 6.07) is 5.96. The van der Waals surface area contributed by atoms with Gasteiger partial charge in [0, 0.05) is 38.3 Å². The molecule has 1 aromatic carbocycles. The second-order valence-electron chi connectivity index (χ2n) is 5.52. The van der Waals surface area contributed by atoms with Crippen molar-refractivity contribution in [1.29, 1.82) is 0 Å². The first kappa shape index (κ1) is 15.0.